The highest BCUT2D eigenvalue weighted by Crippen LogP contribution is 2.33. The van der Waals surface area contributed by atoms with Crippen molar-refractivity contribution >= 4 is 44.4 Å². The molecule has 0 radical (unpaired) electrons. The van der Waals surface area contributed by atoms with E-state index in [9.17, 15) is 10.1 Å². The van der Waals surface area contributed by atoms with Crippen LogP contribution in [0.2, 0.25) is 0 Å². The molecule has 4 aromatic carbocycles. The summed E-state index contributed by atoms with van der Waals surface area (Å²) in [6, 6.07) is 30.7. The summed E-state index contributed by atoms with van der Waals surface area (Å²) in [5.41, 5.74) is 4.03. The van der Waals surface area contributed by atoms with Crippen LogP contribution in [0, 0.1) is 11.3 Å². The Morgan fingerprint density at radius 3 is 2.40 bits per heavy atom. The van der Waals surface area contributed by atoms with Crippen LogP contribution in [-0.4, -0.2) is 37.0 Å². The van der Waals surface area contributed by atoms with E-state index in [4.69, 9.17) is 4.74 Å². The number of nitriles is 1. The lowest BCUT2D eigenvalue weighted by Crippen LogP contribution is -2.49. The number of para-hydroxylation sites is 1. The number of fused-ring (bicyclic) bond motifs is 1. The number of carbonyl (C=O) groups excluding carboxylic acids is 1. The Hall–Kier alpha value is -4.34. The fraction of sp³-hybridized carbons (Fsp3) is 0.176. The number of piperazine rings is 1. The molecule has 6 heteroatoms. The number of rotatable bonds is 8. The summed E-state index contributed by atoms with van der Waals surface area (Å²) < 4.78 is 7.03. The Morgan fingerprint density at radius 2 is 1.68 bits per heavy atom. The van der Waals surface area contributed by atoms with Gasteiger partial charge >= 0.3 is 0 Å². The van der Waals surface area contributed by atoms with Crippen molar-refractivity contribution < 1.29 is 9.53 Å². The van der Waals surface area contributed by atoms with Crippen LogP contribution in [0.5, 0.6) is 5.75 Å². The first kappa shape index (κ1) is 27.2. The molecular weight excluding hydrogens is 562 g/mol. The third kappa shape index (κ3) is 6.27. The molecule has 0 spiro atoms. The minimum absolute atomic E-state index is 0.120. The van der Waals surface area contributed by atoms with Crippen molar-refractivity contribution in [2.24, 2.45) is 0 Å². The lowest BCUT2D eigenvalue weighted by molar-refractivity contribution is -0.126. The number of anilines is 1. The molecule has 0 atom stereocenters. The number of halogens is 1. The summed E-state index contributed by atoms with van der Waals surface area (Å²) in [6.07, 6.45) is 4.07. The van der Waals surface area contributed by atoms with E-state index in [1.165, 1.54) is 10.8 Å². The van der Waals surface area contributed by atoms with Gasteiger partial charge < -0.3 is 14.5 Å². The fourth-order valence-corrected chi connectivity index (χ4v) is 5.63. The number of benzene rings is 4. The molecule has 0 N–H and O–H groups in total. The fourth-order valence-electron chi connectivity index (χ4n) is 5.00. The molecule has 1 fully saturated rings. The third-order valence-electron chi connectivity index (χ3n) is 7.05. The molecule has 1 aliphatic heterocycles. The predicted molar refractivity (Wildman–Crippen MR) is 165 cm³/mol. The van der Waals surface area contributed by atoms with Gasteiger partial charge in [-0.3, -0.25) is 4.79 Å². The van der Waals surface area contributed by atoms with Crippen LogP contribution in [0.1, 0.15) is 16.7 Å². The zero-order valence-corrected chi connectivity index (χ0v) is 23.8. The van der Waals surface area contributed by atoms with E-state index < -0.39 is 0 Å². The maximum atomic E-state index is 13.3. The lowest BCUT2D eigenvalue weighted by Gasteiger charge is -2.36. The van der Waals surface area contributed by atoms with E-state index >= 15 is 0 Å². The van der Waals surface area contributed by atoms with Crippen molar-refractivity contribution in [2.45, 2.75) is 13.0 Å². The Labute approximate surface area is 243 Å². The number of hydrogen-bond acceptors (Lipinski definition) is 4. The van der Waals surface area contributed by atoms with Gasteiger partial charge in [-0.05, 0) is 86.2 Å². The van der Waals surface area contributed by atoms with Crippen LogP contribution in [-0.2, 0) is 17.8 Å². The quantitative estimate of drug-likeness (QED) is 0.124. The predicted octanol–water partition coefficient (Wildman–Crippen LogP) is 7.17. The molecule has 0 aromatic heterocycles. The van der Waals surface area contributed by atoms with Crippen LogP contribution < -0.4 is 9.64 Å². The second kappa shape index (κ2) is 12.7. The van der Waals surface area contributed by atoms with Crippen LogP contribution in [0.4, 0.5) is 5.69 Å². The molecule has 5 nitrogen and oxygen atoms in total. The first-order chi connectivity index (χ1) is 19.6. The van der Waals surface area contributed by atoms with Crippen molar-refractivity contribution in [3.63, 3.8) is 0 Å². The molecule has 200 valence electrons. The van der Waals surface area contributed by atoms with Crippen molar-refractivity contribution in [1.29, 1.82) is 5.26 Å². The van der Waals surface area contributed by atoms with Gasteiger partial charge in [-0.15, -0.1) is 6.58 Å². The van der Waals surface area contributed by atoms with E-state index in [1.54, 1.807) is 11.0 Å². The summed E-state index contributed by atoms with van der Waals surface area (Å²) in [4.78, 5) is 17.3. The molecule has 0 bridgehead atoms. The van der Waals surface area contributed by atoms with Crippen molar-refractivity contribution in [2.75, 3.05) is 31.1 Å². The minimum atomic E-state index is -0.242. The smallest absolute Gasteiger partial charge is 0.264 e. The molecule has 1 saturated heterocycles. The second-order valence-corrected chi connectivity index (χ2v) is 10.6. The standard InChI is InChI=1S/C34H30BrN3O2/c1-2-8-29-20-26(22-32(35)33(29)40-24-25-13-14-27-9-6-7-10-28(27)19-25)21-30(23-36)34(39)38-17-15-37(16-18-38)31-11-4-3-5-12-31/h2-7,9-14,19-22H,1,8,15-18,24H2/b30-21-. The average Bonchev–Trinajstić information content (AvgIpc) is 2.99. The van der Waals surface area contributed by atoms with Crippen LogP contribution in [0.3, 0.4) is 0 Å². The molecule has 4 aromatic rings. The zero-order valence-electron chi connectivity index (χ0n) is 22.2. The highest BCUT2D eigenvalue weighted by molar-refractivity contribution is 9.10. The van der Waals surface area contributed by atoms with E-state index in [1.807, 2.05) is 48.5 Å². The van der Waals surface area contributed by atoms with E-state index in [2.05, 4.69) is 75.9 Å². The van der Waals surface area contributed by atoms with Crippen LogP contribution in [0.25, 0.3) is 16.8 Å². The van der Waals surface area contributed by atoms with Crippen molar-refractivity contribution in [3.05, 3.63) is 124 Å². The summed E-state index contributed by atoms with van der Waals surface area (Å²) in [7, 11) is 0. The molecule has 1 aliphatic rings. The number of nitrogens with zero attached hydrogens (tertiary/aromatic N) is 3. The molecule has 0 aliphatic carbocycles. The lowest BCUT2D eigenvalue weighted by atomic mass is 10.0. The highest BCUT2D eigenvalue weighted by atomic mass is 79.9. The second-order valence-electron chi connectivity index (χ2n) is 9.74. The number of allylic oxidation sites excluding steroid dienone is 1. The summed E-state index contributed by atoms with van der Waals surface area (Å²) in [5, 5.41) is 12.2. The normalized spacial score (nSPS) is 13.7. The molecule has 40 heavy (non-hydrogen) atoms. The van der Waals surface area contributed by atoms with Gasteiger partial charge in [-0.1, -0.05) is 60.7 Å². The Balaban J connectivity index is 1.31. The van der Waals surface area contributed by atoms with Gasteiger partial charge in [0.15, 0.2) is 0 Å². The first-order valence-electron chi connectivity index (χ1n) is 13.3. The van der Waals surface area contributed by atoms with Gasteiger partial charge in [0.1, 0.15) is 24.0 Å². The van der Waals surface area contributed by atoms with Gasteiger partial charge in [0.05, 0.1) is 4.47 Å². The largest absolute Gasteiger partial charge is 0.487 e. The zero-order chi connectivity index (χ0) is 27.9. The van der Waals surface area contributed by atoms with Gasteiger partial charge in [-0.25, -0.2) is 0 Å². The number of carbonyl (C=O) groups is 1. The maximum Gasteiger partial charge on any atom is 0.264 e. The highest BCUT2D eigenvalue weighted by Gasteiger charge is 2.24. The molecule has 1 heterocycles. The van der Waals surface area contributed by atoms with Crippen molar-refractivity contribution in [3.8, 4) is 11.8 Å². The van der Waals surface area contributed by atoms with Gasteiger partial charge in [-0.2, -0.15) is 5.26 Å². The van der Waals surface area contributed by atoms with Gasteiger partial charge in [0, 0.05) is 31.9 Å². The molecule has 0 saturated carbocycles. The Morgan fingerprint density at radius 1 is 0.950 bits per heavy atom. The SMILES string of the molecule is C=CCc1cc(/C=C(/C#N)C(=O)N2CCN(c3ccccc3)CC2)cc(Br)c1OCc1ccc2ccccc2c1. The monoisotopic (exact) mass is 591 g/mol. The van der Waals surface area contributed by atoms with Gasteiger partial charge in [0.25, 0.3) is 5.91 Å². The maximum absolute atomic E-state index is 13.3. The third-order valence-corrected chi connectivity index (χ3v) is 7.64. The topological polar surface area (TPSA) is 56.6 Å². The Kier molecular flexibility index (Phi) is 8.63. The van der Waals surface area contributed by atoms with Crippen LogP contribution in [0.15, 0.2) is 108 Å². The summed E-state index contributed by atoms with van der Waals surface area (Å²) >= 11 is 3.66. The molecule has 1 amide bonds. The van der Waals surface area contributed by atoms with E-state index in [-0.39, 0.29) is 11.5 Å². The van der Waals surface area contributed by atoms with Crippen molar-refractivity contribution in [1.82, 2.24) is 4.90 Å². The Bertz CT molecular complexity index is 1600. The summed E-state index contributed by atoms with van der Waals surface area (Å²) in [5.74, 6) is 0.486. The molecule has 0 unspecified atom stereocenters. The van der Waals surface area contributed by atoms with E-state index in [0.717, 1.165) is 45.7 Å². The molecular formula is C34H30BrN3O2. The number of ether oxygens (including phenoxy) is 1. The number of hydrogen-bond donors (Lipinski definition) is 0. The average molecular weight is 593 g/mol. The molecule has 5 rings (SSSR count). The number of amides is 1. The first-order valence-corrected chi connectivity index (χ1v) is 14.1. The van der Waals surface area contributed by atoms with Gasteiger partial charge in [0.2, 0.25) is 0 Å². The summed E-state index contributed by atoms with van der Waals surface area (Å²) in [6.45, 7) is 6.91. The minimum Gasteiger partial charge on any atom is -0.487 e. The van der Waals surface area contributed by atoms with Crippen LogP contribution >= 0.6 is 15.9 Å². The van der Waals surface area contributed by atoms with E-state index in [0.29, 0.717) is 26.1 Å².